The van der Waals surface area contributed by atoms with E-state index in [0.717, 1.165) is 17.1 Å². The molecule has 0 spiro atoms. The molecule has 1 radical (unpaired) electrons. The van der Waals surface area contributed by atoms with E-state index in [1.165, 1.54) is 12.1 Å². The number of pyridine rings is 2. The van der Waals surface area contributed by atoms with Gasteiger partial charge in [0.1, 0.15) is 0 Å². The zero-order valence-corrected chi connectivity index (χ0v) is 22.1. The van der Waals surface area contributed by atoms with Gasteiger partial charge in [0.25, 0.3) is 0 Å². The maximum Gasteiger partial charge on any atom is 0 e. The van der Waals surface area contributed by atoms with Crippen molar-refractivity contribution in [2.75, 3.05) is 4.90 Å². The van der Waals surface area contributed by atoms with Crippen LogP contribution in [-0.4, -0.2) is 18.4 Å². The summed E-state index contributed by atoms with van der Waals surface area (Å²) in [5.41, 5.74) is 2.69. The van der Waals surface area contributed by atoms with Crippen molar-refractivity contribution < 1.29 is 59.8 Å². The molecule has 1 aromatic carbocycles. The number of nitrogens with zero attached hydrogens (tertiary/aromatic N) is 3. The predicted octanol–water partition coefficient (Wildman–Crippen LogP) is -0.780. The van der Waals surface area contributed by atoms with Crippen LogP contribution in [0.25, 0.3) is 0 Å². The van der Waals surface area contributed by atoms with Gasteiger partial charge in [-0.3, -0.25) is 9.97 Å². The summed E-state index contributed by atoms with van der Waals surface area (Å²) in [5, 5.41) is 5.17. The second-order valence-corrected chi connectivity index (χ2v) is 7.10. The molecule has 0 amide bonds. The van der Waals surface area contributed by atoms with Crippen LogP contribution in [-0.2, 0) is 57.5 Å². The van der Waals surface area contributed by atoms with Crippen molar-refractivity contribution in [2.24, 2.45) is 5.14 Å². The Kier molecular flexibility index (Phi) is 21.6. The summed E-state index contributed by atoms with van der Waals surface area (Å²) in [6, 6.07) is 18.0. The predicted molar refractivity (Wildman–Crippen MR) is 108 cm³/mol. The molecule has 33 heavy (non-hydrogen) atoms. The first-order chi connectivity index (χ1) is 15.0. The second-order valence-electron chi connectivity index (χ2n) is 5.54. The molecule has 9 nitrogen and oxygen atoms in total. The van der Waals surface area contributed by atoms with Crippen molar-refractivity contribution in [2.45, 2.75) is 18.0 Å². The first-order valence-electron chi connectivity index (χ1n) is 8.31. The smallest absolute Gasteiger partial charge is 0 e. The Morgan fingerprint density at radius 2 is 1.15 bits per heavy atom. The van der Waals surface area contributed by atoms with E-state index < -0.39 is 10.0 Å². The van der Waals surface area contributed by atoms with E-state index in [4.69, 9.17) is 19.1 Å². The van der Waals surface area contributed by atoms with Crippen LogP contribution in [0.1, 0.15) is 11.4 Å². The number of nitrogens with two attached hydrogens (primary N) is 1. The Hall–Kier alpha value is -2.41. The van der Waals surface area contributed by atoms with Gasteiger partial charge < -0.3 is 21.9 Å². The number of hydrogen-bond donors (Lipinski definition) is 1. The van der Waals surface area contributed by atoms with E-state index in [9.17, 15) is 8.42 Å². The Morgan fingerprint density at radius 3 is 1.45 bits per heavy atom. The van der Waals surface area contributed by atoms with E-state index >= 15 is 0 Å². The number of hydrogen-bond acceptors (Lipinski definition) is 5. The molecule has 2 N–H and O–H groups in total. The number of halogens is 1. The van der Waals surface area contributed by atoms with Crippen molar-refractivity contribution >= 4 is 15.7 Å². The molecular weight excluding hydrogens is 686 g/mol. The van der Waals surface area contributed by atoms with Crippen LogP contribution in [0, 0.1) is 20.0 Å². The van der Waals surface area contributed by atoms with Crippen LogP contribution in [0.5, 0.6) is 0 Å². The number of anilines is 1. The number of rotatable bonds is 6. The van der Waals surface area contributed by atoms with Crippen molar-refractivity contribution in [3.8, 4) is 0 Å². The zero-order valence-electron chi connectivity index (χ0n) is 17.0. The second kappa shape index (κ2) is 20.2. The summed E-state index contributed by atoms with van der Waals surface area (Å²) in [6.45, 7) is 14.7. The number of primary sulfonamides is 1. The summed E-state index contributed by atoms with van der Waals surface area (Å²) >= 11 is 0. The molecule has 0 aliphatic heterocycles. The van der Waals surface area contributed by atoms with Gasteiger partial charge >= 0.3 is 33.9 Å². The molecule has 0 saturated carbocycles. The van der Waals surface area contributed by atoms with Gasteiger partial charge in [0.2, 0.25) is 10.0 Å². The minimum atomic E-state index is -3.71. The third-order valence-electron chi connectivity index (χ3n) is 3.69. The van der Waals surface area contributed by atoms with Gasteiger partial charge in [0, 0.05) is 38.5 Å². The summed E-state index contributed by atoms with van der Waals surface area (Å²) in [4.78, 5) is 10.9. The molecule has 0 unspecified atom stereocenters. The molecule has 2 heterocycles. The van der Waals surface area contributed by atoms with Crippen LogP contribution in [0.2, 0.25) is 0 Å². The Balaban J connectivity index is -0.00000104. The van der Waals surface area contributed by atoms with E-state index in [0.29, 0.717) is 13.1 Å². The fraction of sp³-hybridized carbons (Fsp3) is 0.0952. The number of benzene rings is 1. The molecule has 0 atom stereocenters. The third kappa shape index (κ3) is 13.0. The normalized spacial score (nSPS) is 8.70. The standard InChI is InChI=1S/C18H18N4O2S.3CO.BrH.Re/c19-25(23,24)18-9-7-17(8-10-18)22(13-15-5-1-3-11-20-15)14-16-6-2-4-12-21-16;3*1-2;;/h1-12H,13-14H2,(H2,19,23,24);;;;1H;/p-1. The van der Waals surface area contributed by atoms with Gasteiger partial charge in [-0.25, -0.2) is 13.6 Å². The molecule has 0 aliphatic carbocycles. The topological polar surface area (TPSA) is 149 Å². The minimum absolute atomic E-state index is 0. The van der Waals surface area contributed by atoms with E-state index in [1.807, 2.05) is 36.4 Å². The first-order valence-corrected chi connectivity index (χ1v) is 9.86. The van der Waals surface area contributed by atoms with Crippen LogP contribution in [0.4, 0.5) is 5.69 Å². The Morgan fingerprint density at radius 1 is 0.758 bits per heavy atom. The van der Waals surface area contributed by atoms with E-state index in [-0.39, 0.29) is 42.3 Å². The molecule has 0 bridgehead atoms. The largest absolute Gasteiger partial charge is 0 e. The first kappa shape index (κ1) is 35.2. The molecule has 0 saturated heterocycles. The fourth-order valence-corrected chi connectivity index (χ4v) is 2.97. The van der Waals surface area contributed by atoms with Gasteiger partial charge in [-0.1, -0.05) is 12.1 Å². The summed E-state index contributed by atoms with van der Waals surface area (Å²) in [7, 11) is -3.71. The molecule has 3 aromatic rings. The molecule has 2 aromatic heterocycles. The number of sulfonamides is 1. The van der Waals surface area contributed by atoms with Crippen LogP contribution >= 0.6 is 0 Å². The molecule has 0 aliphatic rings. The maximum absolute atomic E-state index is 11.4. The Bertz CT molecular complexity index is 1010. The molecule has 173 valence electrons. The summed E-state index contributed by atoms with van der Waals surface area (Å²) in [5.74, 6) is 0. The van der Waals surface area contributed by atoms with E-state index in [2.05, 4.69) is 34.8 Å². The third-order valence-corrected chi connectivity index (χ3v) is 4.62. The van der Waals surface area contributed by atoms with Gasteiger partial charge in [0.05, 0.1) is 29.4 Å². The monoisotopic (exact) mass is 704 g/mol. The SMILES string of the molecule is NS(=O)(=O)c1ccc(N(Cc2ccccn2)Cc2ccccn2)cc1.[Br-].[C-]#[O+].[C-]#[O+].[C-]#[O+].[Re]. The van der Waals surface area contributed by atoms with Gasteiger partial charge in [0.15, 0.2) is 0 Å². The van der Waals surface area contributed by atoms with Crippen molar-refractivity contribution in [3.63, 3.8) is 0 Å². The molecule has 0 fully saturated rings. The zero-order chi connectivity index (χ0) is 23.7. The molecular formula is C21H18BrN4O5ReS-. The summed E-state index contributed by atoms with van der Waals surface area (Å²) < 4.78 is 45.4. The van der Waals surface area contributed by atoms with Crippen molar-refractivity contribution in [1.29, 1.82) is 0 Å². The quantitative estimate of drug-likeness (QED) is 0.264. The maximum atomic E-state index is 11.4. The summed E-state index contributed by atoms with van der Waals surface area (Å²) in [6.07, 6.45) is 3.50. The van der Waals surface area contributed by atoms with Crippen molar-refractivity contribution in [1.82, 2.24) is 9.97 Å². The Labute approximate surface area is 217 Å². The van der Waals surface area contributed by atoms with Crippen molar-refractivity contribution in [3.05, 3.63) is 104 Å². The van der Waals surface area contributed by atoms with Crippen LogP contribution in [0.3, 0.4) is 0 Å². The van der Waals surface area contributed by atoms with Gasteiger partial charge in [-0.05, 0) is 48.5 Å². The van der Waals surface area contributed by atoms with Gasteiger partial charge in [-0.2, -0.15) is 0 Å². The average Bonchev–Trinajstić information content (AvgIpc) is 2.83. The van der Waals surface area contributed by atoms with E-state index in [1.54, 1.807) is 24.5 Å². The van der Waals surface area contributed by atoms with Crippen LogP contribution in [0.15, 0.2) is 78.0 Å². The minimum Gasteiger partial charge on any atom is 0 e. The molecule has 3 rings (SSSR count). The fourth-order valence-electron chi connectivity index (χ4n) is 2.46. The average molecular weight is 705 g/mol. The molecule has 12 heteroatoms. The number of aromatic nitrogens is 2. The van der Waals surface area contributed by atoms with Crippen LogP contribution < -0.4 is 27.0 Å². The van der Waals surface area contributed by atoms with Gasteiger partial charge in [-0.15, -0.1) is 0 Å².